The van der Waals surface area contributed by atoms with Crippen LogP contribution < -0.4 is 9.47 Å². The maximum atomic E-state index is 11.2. The van der Waals surface area contributed by atoms with Crippen molar-refractivity contribution in [1.82, 2.24) is 0 Å². The molecular formula is C20H28O5. The summed E-state index contributed by atoms with van der Waals surface area (Å²) in [5.74, 6) is 1.48. The van der Waals surface area contributed by atoms with Crippen molar-refractivity contribution in [3.05, 3.63) is 34.4 Å². The van der Waals surface area contributed by atoms with Crippen LogP contribution in [0.1, 0.15) is 42.0 Å². The number of rotatable bonds is 6. The van der Waals surface area contributed by atoms with Gasteiger partial charge in [0.25, 0.3) is 0 Å². The van der Waals surface area contributed by atoms with Crippen molar-refractivity contribution in [2.75, 3.05) is 21.0 Å². The zero-order valence-corrected chi connectivity index (χ0v) is 16.0. The van der Waals surface area contributed by atoms with Gasteiger partial charge in [0.15, 0.2) is 6.79 Å². The Hall–Kier alpha value is -2.01. The van der Waals surface area contributed by atoms with Gasteiger partial charge in [0, 0.05) is 25.2 Å². The van der Waals surface area contributed by atoms with Gasteiger partial charge >= 0.3 is 5.97 Å². The third kappa shape index (κ3) is 4.15. The van der Waals surface area contributed by atoms with Crippen LogP contribution in [0.15, 0.2) is 12.2 Å². The largest absolute Gasteiger partial charge is 0.487 e. The van der Waals surface area contributed by atoms with Crippen molar-refractivity contribution in [2.45, 2.75) is 52.6 Å². The number of hydrogen-bond acceptors (Lipinski definition) is 5. The molecule has 1 atom stereocenters. The summed E-state index contributed by atoms with van der Waals surface area (Å²) in [6.45, 7) is 8.48. The van der Waals surface area contributed by atoms with Crippen LogP contribution in [0.5, 0.6) is 11.5 Å². The molecule has 0 saturated carbocycles. The highest BCUT2D eigenvalue weighted by molar-refractivity contribution is 5.81. The monoisotopic (exact) mass is 348 g/mol. The van der Waals surface area contributed by atoms with E-state index in [1.54, 1.807) is 7.11 Å². The standard InChI is InChI=1S/C20H28O5/c1-13-14(2)19-16(15(3)18(13)24-12-22-5)9-11-20(4,25-19)10-7-8-17(21)23-6/h7-8H,9-12H2,1-6H3/b8-7+. The molecule has 1 aromatic rings. The van der Waals surface area contributed by atoms with E-state index in [2.05, 4.69) is 25.5 Å². The molecule has 2 rings (SSSR count). The molecule has 1 aliphatic rings. The molecule has 0 N–H and O–H groups in total. The normalized spacial score (nSPS) is 19.4. The predicted molar refractivity (Wildman–Crippen MR) is 96.3 cm³/mol. The van der Waals surface area contributed by atoms with Gasteiger partial charge in [-0.1, -0.05) is 6.08 Å². The molecule has 5 heteroatoms. The molecule has 0 radical (unpaired) electrons. The highest BCUT2D eigenvalue weighted by Crippen LogP contribution is 2.44. The van der Waals surface area contributed by atoms with Crippen LogP contribution in [-0.4, -0.2) is 32.6 Å². The molecule has 5 nitrogen and oxygen atoms in total. The van der Waals surface area contributed by atoms with Gasteiger partial charge in [0.2, 0.25) is 0 Å². The predicted octanol–water partition coefficient (Wildman–Crippen LogP) is 3.80. The lowest BCUT2D eigenvalue weighted by Gasteiger charge is -2.37. The lowest BCUT2D eigenvalue weighted by molar-refractivity contribution is -0.134. The van der Waals surface area contributed by atoms with Gasteiger partial charge in [0.05, 0.1) is 7.11 Å². The van der Waals surface area contributed by atoms with E-state index in [4.69, 9.17) is 14.2 Å². The Bertz CT molecular complexity index is 677. The van der Waals surface area contributed by atoms with Crippen LogP contribution in [0.2, 0.25) is 0 Å². The molecule has 0 bridgehead atoms. The summed E-state index contributed by atoms with van der Waals surface area (Å²) in [6.07, 6.45) is 5.71. The molecule has 138 valence electrons. The second-order valence-corrected chi connectivity index (χ2v) is 6.74. The van der Waals surface area contributed by atoms with E-state index in [0.29, 0.717) is 6.42 Å². The smallest absolute Gasteiger partial charge is 0.330 e. The summed E-state index contributed by atoms with van der Waals surface area (Å²) in [6, 6.07) is 0. The summed E-state index contributed by atoms with van der Waals surface area (Å²) < 4.78 is 21.9. The van der Waals surface area contributed by atoms with Gasteiger partial charge in [-0.05, 0) is 57.2 Å². The Labute approximate surface area is 149 Å². The lowest BCUT2D eigenvalue weighted by Crippen LogP contribution is -2.36. The van der Waals surface area contributed by atoms with Gasteiger partial charge in [-0.25, -0.2) is 4.79 Å². The van der Waals surface area contributed by atoms with E-state index in [1.807, 2.05) is 13.0 Å². The lowest BCUT2D eigenvalue weighted by atomic mass is 9.85. The minimum absolute atomic E-state index is 0.233. The van der Waals surface area contributed by atoms with Crippen LogP contribution in [-0.2, 0) is 20.7 Å². The van der Waals surface area contributed by atoms with Crippen LogP contribution in [0.25, 0.3) is 0 Å². The molecule has 1 unspecified atom stereocenters. The Morgan fingerprint density at radius 3 is 2.56 bits per heavy atom. The van der Waals surface area contributed by atoms with Crippen molar-refractivity contribution in [3.8, 4) is 11.5 Å². The zero-order valence-electron chi connectivity index (χ0n) is 16.0. The van der Waals surface area contributed by atoms with Gasteiger partial charge in [-0.15, -0.1) is 0 Å². The van der Waals surface area contributed by atoms with Gasteiger partial charge in [-0.3, -0.25) is 0 Å². The quantitative estimate of drug-likeness (QED) is 0.445. The first-order valence-corrected chi connectivity index (χ1v) is 8.51. The second kappa shape index (κ2) is 7.91. The molecule has 1 aromatic carbocycles. The zero-order chi connectivity index (χ0) is 18.6. The molecular weight excluding hydrogens is 320 g/mol. The third-order valence-corrected chi connectivity index (χ3v) is 4.89. The molecule has 0 spiro atoms. The van der Waals surface area contributed by atoms with Crippen molar-refractivity contribution in [2.24, 2.45) is 0 Å². The molecule has 0 fully saturated rings. The topological polar surface area (TPSA) is 54.0 Å². The van der Waals surface area contributed by atoms with E-state index >= 15 is 0 Å². The molecule has 1 heterocycles. The van der Waals surface area contributed by atoms with Crippen LogP contribution in [0.3, 0.4) is 0 Å². The second-order valence-electron chi connectivity index (χ2n) is 6.74. The molecule has 0 aliphatic carbocycles. The fourth-order valence-electron chi connectivity index (χ4n) is 3.23. The molecule has 0 saturated heterocycles. The van der Waals surface area contributed by atoms with E-state index in [0.717, 1.165) is 41.0 Å². The van der Waals surface area contributed by atoms with Crippen molar-refractivity contribution in [3.63, 3.8) is 0 Å². The minimum Gasteiger partial charge on any atom is -0.487 e. The Morgan fingerprint density at radius 2 is 1.92 bits per heavy atom. The number of esters is 1. The van der Waals surface area contributed by atoms with E-state index in [9.17, 15) is 4.79 Å². The van der Waals surface area contributed by atoms with Crippen LogP contribution in [0, 0.1) is 20.8 Å². The van der Waals surface area contributed by atoms with E-state index < -0.39 is 0 Å². The third-order valence-electron chi connectivity index (χ3n) is 4.89. The van der Waals surface area contributed by atoms with Crippen molar-refractivity contribution < 1.29 is 23.7 Å². The van der Waals surface area contributed by atoms with Gasteiger partial charge < -0.3 is 18.9 Å². The molecule has 0 aromatic heterocycles. The number of carbonyl (C=O) groups is 1. The number of benzene rings is 1. The minimum atomic E-state index is -0.345. The van der Waals surface area contributed by atoms with Crippen molar-refractivity contribution >= 4 is 5.97 Å². The van der Waals surface area contributed by atoms with Gasteiger partial charge in [0.1, 0.15) is 17.1 Å². The first-order chi connectivity index (χ1) is 11.8. The Morgan fingerprint density at radius 1 is 1.20 bits per heavy atom. The van der Waals surface area contributed by atoms with Crippen LogP contribution in [0.4, 0.5) is 0 Å². The highest BCUT2D eigenvalue weighted by atomic mass is 16.7. The van der Waals surface area contributed by atoms with Crippen molar-refractivity contribution in [1.29, 1.82) is 0 Å². The van der Waals surface area contributed by atoms with E-state index in [-0.39, 0.29) is 18.4 Å². The average Bonchev–Trinajstić information content (AvgIpc) is 2.59. The first-order valence-electron chi connectivity index (χ1n) is 8.51. The first kappa shape index (κ1) is 19.3. The number of fused-ring (bicyclic) bond motifs is 1. The van der Waals surface area contributed by atoms with Crippen LogP contribution >= 0.6 is 0 Å². The molecule has 25 heavy (non-hydrogen) atoms. The summed E-state index contributed by atoms with van der Waals surface area (Å²) >= 11 is 0. The Balaban J connectivity index is 2.28. The molecule has 0 amide bonds. The SMILES string of the molecule is COCOc1c(C)c(C)c2c(c1C)CCC(C)(C/C=C/C(=O)OC)O2. The summed E-state index contributed by atoms with van der Waals surface area (Å²) in [7, 11) is 2.99. The Kier molecular flexibility index (Phi) is 6.11. The number of methoxy groups -OCH3 is 2. The number of carbonyl (C=O) groups excluding carboxylic acids is 1. The summed E-state index contributed by atoms with van der Waals surface area (Å²) in [5.41, 5.74) is 4.14. The molecule has 1 aliphatic heterocycles. The fourth-order valence-corrected chi connectivity index (χ4v) is 3.23. The number of ether oxygens (including phenoxy) is 4. The van der Waals surface area contributed by atoms with Gasteiger partial charge in [-0.2, -0.15) is 0 Å². The maximum Gasteiger partial charge on any atom is 0.330 e. The summed E-state index contributed by atoms with van der Waals surface area (Å²) in [5, 5.41) is 0. The number of hydrogen-bond donors (Lipinski definition) is 0. The van der Waals surface area contributed by atoms with E-state index in [1.165, 1.54) is 18.7 Å². The highest BCUT2D eigenvalue weighted by Gasteiger charge is 2.34. The average molecular weight is 348 g/mol. The maximum absolute atomic E-state index is 11.2. The fraction of sp³-hybridized carbons (Fsp3) is 0.550. The summed E-state index contributed by atoms with van der Waals surface area (Å²) in [4.78, 5) is 11.2.